The number of hydrogen-bond donors (Lipinski definition) is 0. The molecule has 86 valence electrons. The first-order chi connectivity index (χ1) is 7.81. The Morgan fingerprint density at radius 2 is 2.12 bits per heavy atom. The Hall–Kier alpha value is -0.500. The van der Waals surface area contributed by atoms with Crippen LogP contribution in [0.25, 0.3) is 0 Å². The lowest BCUT2D eigenvalue weighted by molar-refractivity contribution is 0.0846. The zero-order valence-corrected chi connectivity index (χ0v) is 11.0. The van der Waals surface area contributed by atoms with Gasteiger partial charge in [0.25, 0.3) is 0 Å². The molecule has 16 heavy (non-hydrogen) atoms. The summed E-state index contributed by atoms with van der Waals surface area (Å²) in [6.45, 7) is 0. The van der Waals surface area contributed by atoms with E-state index in [-0.39, 0.29) is 0 Å². The summed E-state index contributed by atoms with van der Waals surface area (Å²) in [4.78, 5) is 0. The van der Waals surface area contributed by atoms with Crippen LogP contribution in [0.2, 0.25) is 0 Å². The molecule has 1 atom stereocenters. The topological polar surface area (TPSA) is 9.23 Å². The van der Waals surface area contributed by atoms with Crippen LogP contribution in [0.3, 0.4) is 0 Å². The smallest absolute Gasteiger partial charge is 0.123 e. The first-order valence-corrected chi connectivity index (χ1v) is 7.24. The molecule has 0 radical (unpaired) electrons. The second kappa shape index (κ2) is 4.06. The molecule has 0 amide bonds. The molecular weight excluding hydrogens is 264 g/mol. The predicted octanol–water partition coefficient (Wildman–Crippen LogP) is 3.95. The molecule has 0 aromatic heterocycles. The van der Waals surface area contributed by atoms with Crippen molar-refractivity contribution < 1.29 is 4.74 Å². The highest BCUT2D eigenvalue weighted by molar-refractivity contribution is 9.09. The van der Waals surface area contributed by atoms with Crippen molar-refractivity contribution in [2.45, 2.75) is 38.2 Å². The van der Waals surface area contributed by atoms with Gasteiger partial charge in [0.15, 0.2) is 0 Å². The van der Waals surface area contributed by atoms with E-state index in [0.717, 1.165) is 17.5 Å². The molecule has 1 aliphatic carbocycles. The fourth-order valence-electron chi connectivity index (χ4n) is 2.92. The Kier molecular flexibility index (Phi) is 2.70. The number of hydrogen-bond acceptors (Lipinski definition) is 1. The summed E-state index contributed by atoms with van der Waals surface area (Å²) in [5.41, 5.74) is 1.92. The summed E-state index contributed by atoms with van der Waals surface area (Å²) < 4.78 is 6.02. The third-order valence-electron chi connectivity index (χ3n) is 4.07. The van der Waals surface area contributed by atoms with Gasteiger partial charge in [-0.2, -0.15) is 0 Å². The molecule has 2 heteroatoms. The summed E-state index contributed by atoms with van der Waals surface area (Å²) >= 11 is 3.67. The molecule has 1 fully saturated rings. The number of ether oxygens (including phenoxy) is 1. The van der Waals surface area contributed by atoms with Crippen LogP contribution in [0.15, 0.2) is 24.3 Å². The molecule has 1 unspecified atom stereocenters. The molecule has 0 spiro atoms. The molecule has 1 aliphatic heterocycles. The van der Waals surface area contributed by atoms with E-state index in [1.165, 1.54) is 31.2 Å². The second-order valence-corrected chi connectivity index (χ2v) is 5.80. The number of alkyl halides is 1. The zero-order valence-electron chi connectivity index (χ0n) is 9.42. The van der Waals surface area contributed by atoms with Crippen molar-refractivity contribution in [1.82, 2.24) is 0 Å². The van der Waals surface area contributed by atoms with E-state index in [0.29, 0.717) is 11.5 Å². The van der Waals surface area contributed by atoms with Gasteiger partial charge in [0.1, 0.15) is 11.9 Å². The molecule has 0 N–H and O–H groups in total. The van der Waals surface area contributed by atoms with Crippen molar-refractivity contribution in [2.75, 3.05) is 5.33 Å². The van der Waals surface area contributed by atoms with Crippen molar-refractivity contribution in [1.29, 1.82) is 0 Å². The SMILES string of the molecule is BrCC1(CC2Cc3ccccc3O2)CCC1. The third kappa shape index (κ3) is 1.77. The highest BCUT2D eigenvalue weighted by Gasteiger charge is 2.39. The van der Waals surface area contributed by atoms with Gasteiger partial charge in [-0.1, -0.05) is 40.5 Å². The highest BCUT2D eigenvalue weighted by atomic mass is 79.9. The Labute approximate surface area is 105 Å². The maximum absolute atomic E-state index is 6.02. The van der Waals surface area contributed by atoms with Crippen LogP contribution < -0.4 is 4.74 Å². The minimum atomic E-state index is 0.412. The van der Waals surface area contributed by atoms with Gasteiger partial charge in [0.05, 0.1) is 0 Å². The summed E-state index contributed by atoms with van der Waals surface area (Å²) in [7, 11) is 0. The average Bonchev–Trinajstić information content (AvgIpc) is 2.65. The van der Waals surface area contributed by atoms with E-state index in [2.05, 4.69) is 40.2 Å². The molecule has 0 saturated heterocycles. The van der Waals surface area contributed by atoms with Gasteiger partial charge >= 0.3 is 0 Å². The van der Waals surface area contributed by atoms with Gasteiger partial charge in [0, 0.05) is 11.8 Å². The number of para-hydroxylation sites is 1. The first-order valence-electron chi connectivity index (χ1n) is 6.12. The van der Waals surface area contributed by atoms with Gasteiger partial charge in [-0.25, -0.2) is 0 Å². The van der Waals surface area contributed by atoms with Crippen molar-refractivity contribution in [3.63, 3.8) is 0 Å². The lowest BCUT2D eigenvalue weighted by Crippen LogP contribution is -2.36. The van der Waals surface area contributed by atoms with Crippen LogP contribution in [-0.4, -0.2) is 11.4 Å². The quantitative estimate of drug-likeness (QED) is 0.762. The molecule has 3 rings (SSSR count). The van der Waals surface area contributed by atoms with E-state index < -0.39 is 0 Å². The van der Waals surface area contributed by atoms with Crippen LogP contribution in [0.5, 0.6) is 5.75 Å². The van der Waals surface area contributed by atoms with E-state index in [9.17, 15) is 0 Å². The molecule has 1 saturated carbocycles. The number of rotatable bonds is 3. The lowest BCUT2D eigenvalue weighted by atomic mass is 9.67. The molecule has 1 heterocycles. The minimum Gasteiger partial charge on any atom is -0.490 e. The van der Waals surface area contributed by atoms with E-state index in [1.807, 2.05) is 0 Å². The van der Waals surface area contributed by atoms with Gasteiger partial charge in [-0.3, -0.25) is 0 Å². The highest BCUT2D eigenvalue weighted by Crippen LogP contribution is 2.48. The van der Waals surface area contributed by atoms with Crippen LogP contribution in [0.1, 0.15) is 31.2 Å². The standard InChI is InChI=1S/C14H17BrO/c15-10-14(6-3-7-14)9-12-8-11-4-1-2-5-13(11)16-12/h1-2,4-5,12H,3,6-10H2. The summed E-state index contributed by atoms with van der Waals surface area (Å²) in [5, 5.41) is 1.14. The van der Waals surface area contributed by atoms with Gasteiger partial charge in [-0.15, -0.1) is 0 Å². The fourth-order valence-corrected chi connectivity index (χ4v) is 3.71. The van der Waals surface area contributed by atoms with Crippen LogP contribution >= 0.6 is 15.9 Å². The third-order valence-corrected chi connectivity index (χ3v) is 5.26. The van der Waals surface area contributed by atoms with Gasteiger partial charge in [-0.05, 0) is 36.3 Å². The Balaban J connectivity index is 1.68. The van der Waals surface area contributed by atoms with E-state index >= 15 is 0 Å². The minimum absolute atomic E-state index is 0.412. The number of fused-ring (bicyclic) bond motifs is 1. The van der Waals surface area contributed by atoms with Crippen LogP contribution in [0.4, 0.5) is 0 Å². The lowest BCUT2D eigenvalue weighted by Gasteiger charge is -2.42. The maximum Gasteiger partial charge on any atom is 0.123 e. The first kappa shape index (κ1) is 10.6. The molecular formula is C14H17BrO. The Morgan fingerprint density at radius 1 is 1.31 bits per heavy atom. The van der Waals surface area contributed by atoms with Crippen molar-refractivity contribution in [2.24, 2.45) is 5.41 Å². The van der Waals surface area contributed by atoms with E-state index in [1.54, 1.807) is 0 Å². The van der Waals surface area contributed by atoms with Crippen molar-refractivity contribution >= 4 is 15.9 Å². The van der Waals surface area contributed by atoms with E-state index in [4.69, 9.17) is 4.74 Å². The zero-order chi connectivity index (χ0) is 11.0. The predicted molar refractivity (Wildman–Crippen MR) is 69.3 cm³/mol. The molecule has 1 aromatic rings. The summed E-state index contributed by atoms with van der Waals surface area (Å²) in [5.74, 6) is 1.11. The van der Waals surface area contributed by atoms with Crippen LogP contribution in [-0.2, 0) is 6.42 Å². The number of halogens is 1. The maximum atomic E-state index is 6.02. The monoisotopic (exact) mass is 280 g/mol. The Bertz CT molecular complexity index is 354. The van der Waals surface area contributed by atoms with Gasteiger partial charge in [0.2, 0.25) is 0 Å². The summed E-state index contributed by atoms with van der Waals surface area (Å²) in [6.07, 6.45) is 6.86. The summed E-state index contributed by atoms with van der Waals surface area (Å²) in [6, 6.07) is 8.45. The molecule has 2 aliphatic rings. The second-order valence-electron chi connectivity index (χ2n) is 5.24. The normalized spacial score (nSPS) is 25.7. The molecule has 1 nitrogen and oxygen atoms in total. The largest absolute Gasteiger partial charge is 0.490 e. The molecule has 0 bridgehead atoms. The van der Waals surface area contributed by atoms with Crippen LogP contribution in [0, 0.1) is 5.41 Å². The van der Waals surface area contributed by atoms with Gasteiger partial charge < -0.3 is 4.74 Å². The number of benzene rings is 1. The Morgan fingerprint density at radius 3 is 2.75 bits per heavy atom. The fraction of sp³-hybridized carbons (Fsp3) is 0.571. The van der Waals surface area contributed by atoms with Crippen molar-refractivity contribution in [3.8, 4) is 5.75 Å². The average molecular weight is 281 g/mol. The van der Waals surface area contributed by atoms with Crippen molar-refractivity contribution in [3.05, 3.63) is 29.8 Å². The molecule has 1 aromatic carbocycles.